The van der Waals surface area contributed by atoms with Crippen LogP contribution < -0.4 is 10.6 Å². The van der Waals surface area contributed by atoms with E-state index in [0.29, 0.717) is 55.7 Å². The first-order chi connectivity index (χ1) is 15.4. The second kappa shape index (κ2) is 9.59. The number of benzene rings is 1. The number of esters is 1. The third-order valence-electron chi connectivity index (χ3n) is 6.43. The lowest BCUT2D eigenvalue weighted by molar-refractivity contribution is 0.0160. The minimum Gasteiger partial charge on any atom is -0.508 e. The molecule has 2 N–H and O–H groups in total. The van der Waals surface area contributed by atoms with Crippen LogP contribution in [-0.4, -0.2) is 53.1 Å². The van der Waals surface area contributed by atoms with Crippen LogP contribution >= 0.6 is 9.24 Å². The first-order valence-electron chi connectivity index (χ1n) is 11.1. The van der Waals surface area contributed by atoms with E-state index >= 15 is 0 Å². The zero-order valence-corrected chi connectivity index (χ0v) is 19.5. The Kier molecular flexibility index (Phi) is 6.82. The molecule has 4 rings (SSSR count). The smallest absolute Gasteiger partial charge is 0.338 e. The van der Waals surface area contributed by atoms with Gasteiger partial charge in [0.2, 0.25) is 0 Å². The molecule has 1 amide bonds. The summed E-state index contributed by atoms with van der Waals surface area (Å²) in [5, 5.41) is 18.1. The average Bonchev–Trinajstić information content (AvgIpc) is 3.07. The zero-order valence-electron chi connectivity index (χ0n) is 18.4. The molecule has 8 nitrogen and oxygen atoms in total. The second-order valence-electron chi connectivity index (χ2n) is 8.57. The summed E-state index contributed by atoms with van der Waals surface area (Å²) in [6, 6.07) is 4.58. The van der Waals surface area contributed by atoms with Crippen LogP contribution in [0.15, 0.2) is 18.2 Å². The van der Waals surface area contributed by atoms with Crippen LogP contribution in [0.1, 0.15) is 58.3 Å². The van der Waals surface area contributed by atoms with E-state index in [0.717, 1.165) is 30.5 Å². The molecule has 1 atom stereocenters. The number of nitrogens with one attached hydrogen (secondary N) is 1. The number of phenolic OH excluding ortho intramolecular Hbond substituents is 1. The third-order valence-corrected chi connectivity index (χ3v) is 6.93. The first-order valence-corrected chi connectivity index (χ1v) is 11.7. The Balaban J connectivity index is 1.46. The third kappa shape index (κ3) is 4.66. The SMILES string of the molecule is CCn1nc(CCCOC(=O)c2cc(O)ccc2P)c2c1C(=O)NCC1(CCOCC1)C2. The zero-order chi connectivity index (χ0) is 22.7. The van der Waals surface area contributed by atoms with E-state index in [2.05, 4.69) is 14.6 Å². The molecular formula is C23H30N3O5P. The van der Waals surface area contributed by atoms with Crippen LogP contribution in [0.25, 0.3) is 0 Å². The Labute approximate surface area is 189 Å². The number of aromatic nitrogens is 2. The van der Waals surface area contributed by atoms with Crippen molar-refractivity contribution in [3.63, 3.8) is 0 Å². The molecule has 32 heavy (non-hydrogen) atoms. The number of aromatic hydroxyl groups is 1. The number of fused-ring (bicyclic) bond motifs is 1. The van der Waals surface area contributed by atoms with Gasteiger partial charge in [-0.25, -0.2) is 4.79 Å². The fourth-order valence-corrected chi connectivity index (χ4v) is 4.87. The molecule has 0 radical (unpaired) electrons. The number of phenols is 1. The minimum absolute atomic E-state index is 0.00643. The molecule has 2 aromatic rings. The highest BCUT2D eigenvalue weighted by atomic mass is 31.0. The summed E-state index contributed by atoms with van der Waals surface area (Å²) < 4.78 is 12.8. The van der Waals surface area contributed by atoms with Gasteiger partial charge in [0.1, 0.15) is 11.4 Å². The van der Waals surface area contributed by atoms with Gasteiger partial charge in [0.25, 0.3) is 5.91 Å². The van der Waals surface area contributed by atoms with Crippen LogP contribution in [0.4, 0.5) is 0 Å². The van der Waals surface area contributed by atoms with E-state index in [1.54, 1.807) is 10.7 Å². The van der Waals surface area contributed by atoms with Crippen LogP contribution in [0.5, 0.6) is 5.75 Å². The van der Waals surface area contributed by atoms with Crippen LogP contribution in [0.3, 0.4) is 0 Å². The Hall–Kier alpha value is -2.44. The molecule has 0 bridgehead atoms. The average molecular weight is 459 g/mol. The van der Waals surface area contributed by atoms with Crippen molar-refractivity contribution in [1.82, 2.24) is 15.1 Å². The molecule has 2 aliphatic rings. The molecule has 3 heterocycles. The molecule has 1 spiro atoms. The van der Waals surface area contributed by atoms with Crippen LogP contribution in [-0.2, 0) is 28.9 Å². The van der Waals surface area contributed by atoms with Gasteiger partial charge in [0, 0.05) is 31.9 Å². The fraction of sp³-hybridized carbons (Fsp3) is 0.522. The lowest BCUT2D eigenvalue weighted by Crippen LogP contribution is -2.40. The minimum atomic E-state index is -0.468. The van der Waals surface area contributed by atoms with Crippen molar-refractivity contribution in [2.24, 2.45) is 5.41 Å². The van der Waals surface area contributed by atoms with Gasteiger partial charge in [-0.2, -0.15) is 5.10 Å². The van der Waals surface area contributed by atoms with Crippen LogP contribution in [0, 0.1) is 5.41 Å². The second-order valence-corrected chi connectivity index (χ2v) is 9.19. The Bertz CT molecular complexity index is 1010. The molecule has 0 saturated carbocycles. The van der Waals surface area contributed by atoms with Crippen molar-refractivity contribution in [2.45, 2.75) is 45.6 Å². The summed E-state index contributed by atoms with van der Waals surface area (Å²) in [6.45, 7) is 4.92. The van der Waals surface area contributed by atoms with E-state index in [9.17, 15) is 14.7 Å². The lowest BCUT2D eigenvalue weighted by Gasteiger charge is -2.36. The van der Waals surface area contributed by atoms with Crippen molar-refractivity contribution >= 4 is 26.4 Å². The maximum absolute atomic E-state index is 12.9. The number of aryl methyl sites for hydroxylation is 2. The normalized spacial score (nSPS) is 17.5. The Morgan fingerprint density at radius 1 is 1.38 bits per heavy atom. The van der Waals surface area contributed by atoms with Gasteiger partial charge < -0.3 is 19.9 Å². The molecule has 1 unspecified atom stereocenters. The van der Waals surface area contributed by atoms with Gasteiger partial charge in [-0.3, -0.25) is 9.48 Å². The number of amides is 1. The van der Waals surface area contributed by atoms with E-state index in [1.807, 2.05) is 6.92 Å². The predicted octanol–water partition coefficient (Wildman–Crippen LogP) is 1.98. The standard InChI is InChI=1S/C23H30N3O5P/c1-2-26-20-17(13-23(14-24-21(20)28)7-10-30-11-8-23)18(25-26)4-3-9-31-22(29)16-12-15(27)5-6-19(16)32/h5-6,12,27H,2-4,7-11,13-14,32H2,1H3,(H,24,28). The summed E-state index contributed by atoms with van der Waals surface area (Å²) in [6.07, 6.45) is 3.86. The van der Waals surface area contributed by atoms with E-state index in [4.69, 9.17) is 14.6 Å². The number of rotatable bonds is 6. The largest absolute Gasteiger partial charge is 0.508 e. The summed E-state index contributed by atoms with van der Waals surface area (Å²) in [4.78, 5) is 25.2. The molecule has 172 valence electrons. The molecular weight excluding hydrogens is 429 g/mol. The monoisotopic (exact) mass is 459 g/mol. The molecule has 2 aliphatic heterocycles. The maximum atomic E-state index is 12.9. The van der Waals surface area contributed by atoms with Crippen LogP contribution in [0.2, 0.25) is 0 Å². The number of nitrogens with zero attached hydrogens (tertiary/aromatic N) is 2. The number of ether oxygens (including phenoxy) is 2. The van der Waals surface area contributed by atoms with Gasteiger partial charge in [0.05, 0.1) is 17.9 Å². The van der Waals surface area contributed by atoms with Crippen molar-refractivity contribution in [1.29, 1.82) is 0 Å². The van der Waals surface area contributed by atoms with Gasteiger partial charge in [0.15, 0.2) is 0 Å². The first kappa shape index (κ1) is 22.7. The quantitative estimate of drug-likeness (QED) is 0.389. The molecule has 1 aromatic carbocycles. The van der Waals surface area contributed by atoms with E-state index < -0.39 is 5.97 Å². The van der Waals surface area contributed by atoms with Gasteiger partial charge >= 0.3 is 5.97 Å². The van der Waals surface area contributed by atoms with E-state index in [1.165, 1.54) is 12.1 Å². The van der Waals surface area contributed by atoms with Crippen molar-refractivity contribution < 1.29 is 24.2 Å². The van der Waals surface area contributed by atoms with Gasteiger partial charge in [-0.15, -0.1) is 9.24 Å². The summed E-state index contributed by atoms with van der Waals surface area (Å²) in [7, 11) is 2.47. The van der Waals surface area contributed by atoms with Gasteiger partial charge in [-0.05, 0) is 61.9 Å². The highest BCUT2D eigenvalue weighted by molar-refractivity contribution is 7.27. The molecule has 1 saturated heterocycles. The molecule has 1 fully saturated rings. The summed E-state index contributed by atoms with van der Waals surface area (Å²) in [5.74, 6) is -0.507. The highest BCUT2D eigenvalue weighted by Gasteiger charge is 2.39. The van der Waals surface area contributed by atoms with Gasteiger partial charge in [-0.1, -0.05) is 6.07 Å². The molecule has 1 aromatic heterocycles. The summed E-state index contributed by atoms with van der Waals surface area (Å²) in [5.41, 5.74) is 2.93. The Morgan fingerprint density at radius 3 is 2.91 bits per heavy atom. The fourth-order valence-electron chi connectivity index (χ4n) is 4.57. The van der Waals surface area contributed by atoms with Crippen molar-refractivity contribution in [3.05, 3.63) is 40.7 Å². The number of carbonyl (C=O) groups excluding carboxylic acids is 2. The van der Waals surface area contributed by atoms with E-state index in [-0.39, 0.29) is 23.7 Å². The Morgan fingerprint density at radius 2 is 2.16 bits per heavy atom. The molecule has 9 heteroatoms. The highest BCUT2D eigenvalue weighted by Crippen LogP contribution is 2.37. The molecule has 0 aliphatic carbocycles. The lowest BCUT2D eigenvalue weighted by atomic mass is 9.75. The number of hydrogen-bond donors (Lipinski definition) is 2. The van der Waals surface area contributed by atoms with Crippen molar-refractivity contribution in [3.8, 4) is 5.75 Å². The predicted molar refractivity (Wildman–Crippen MR) is 122 cm³/mol. The summed E-state index contributed by atoms with van der Waals surface area (Å²) >= 11 is 0. The maximum Gasteiger partial charge on any atom is 0.338 e. The number of hydrogen-bond acceptors (Lipinski definition) is 6. The van der Waals surface area contributed by atoms with Crippen molar-refractivity contribution in [2.75, 3.05) is 26.4 Å². The number of carbonyl (C=O) groups is 2. The topological polar surface area (TPSA) is 103 Å².